The Labute approximate surface area is 124 Å². The highest BCUT2D eigenvalue weighted by atomic mass is 19.1. The predicted octanol–water partition coefficient (Wildman–Crippen LogP) is 4.39. The number of aryl methyl sites for hydroxylation is 1. The van der Waals surface area contributed by atoms with Gasteiger partial charge in [-0.1, -0.05) is 19.9 Å². The second kappa shape index (κ2) is 4.55. The number of nitrogens with zero attached hydrogens (tertiary/aromatic N) is 1. The van der Waals surface area contributed by atoms with Crippen LogP contribution in [0.2, 0.25) is 0 Å². The average Bonchev–Trinajstić information content (AvgIpc) is 2.69. The highest BCUT2D eigenvalue weighted by molar-refractivity contribution is 5.99. The van der Waals surface area contributed by atoms with E-state index in [2.05, 4.69) is 13.8 Å². The Kier molecular flexibility index (Phi) is 3.05. The number of carbonyl (C=O) groups is 1. The van der Waals surface area contributed by atoms with Crippen LogP contribution in [0.5, 0.6) is 0 Å². The molecular weight excluding hydrogens is 265 g/mol. The maximum atomic E-state index is 13.9. The van der Waals surface area contributed by atoms with E-state index in [9.17, 15) is 9.18 Å². The van der Waals surface area contributed by atoms with Crippen LogP contribution in [-0.2, 0) is 6.42 Å². The molecule has 0 saturated heterocycles. The third kappa shape index (κ3) is 2.21. The molecule has 0 radical (unpaired) electrons. The molecule has 0 unspecified atom stereocenters. The van der Waals surface area contributed by atoms with E-state index in [1.54, 1.807) is 13.0 Å². The van der Waals surface area contributed by atoms with Crippen LogP contribution in [0.15, 0.2) is 24.3 Å². The van der Waals surface area contributed by atoms with Crippen molar-refractivity contribution in [3.05, 3.63) is 52.6 Å². The van der Waals surface area contributed by atoms with Crippen molar-refractivity contribution >= 4 is 5.78 Å². The van der Waals surface area contributed by atoms with Crippen LogP contribution in [0.3, 0.4) is 0 Å². The van der Waals surface area contributed by atoms with Gasteiger partial charge in [0.1, 0.15) is 5.82 Å². The van der Waals surface area contributed by atoms with E-state index >= 15 is 0 Å². The zero-order valence-electron chi connectivity index (χ0n) is 13.0. The number of hydrogen-bond donors (Lipinski definition) is 0. The van der Waals surface area contributed by atoms with Gasteiger partial charge in [-0.25, -0.2) is 4.39 Å². The maximum absolute atomic E-state index is 13.9. The Bertz CT molecular complexity index is 740. The summed E-state index contributed by atoms with van der Waals surface area (Å²) >= 11 is 0. The summed E-state index contributed by atoms with van der Waals surface area (Å²) in [4.78, 5) is 12.4. The van der Waals surface area contributed by atoms with E-state index in [-0.39, 0.29) is 17.0 Å². The zero-order valence-corrected chi connectivity index (χ0v) is 13.0. The molecule has 21 heavy (non-hydrogen) atoms. The van der Waals surface area contributed by atoms with Crippen molar-refractivity contribution in [2.24, 2.45) is 5.41 Å². The molecule has 1 heterocycles. The maximum Gasteiger partial charge on any atom is 0.165 e. The van der Waals surface area contributed by atoms with Gasteiger partial charge in [-0.2, -0.15) is 0 Å². The number of hydrogen-bond acceptors (Lipinski definition) is 1. The number of aromatic nitrogens is 1. The van der Waals surface area contributed by atoms with Gasteiger partial charge in [0.05, 0.1) is 5.69 Å². The van der Waals surface area contributed by atoms with Gasteiger partial charge in [-0.15, -0.1) is 0 Å². The first-order chi connectivity index (χ1) is 9.80. The highest BCUT2D eigenvalue weighted by Gasteiger charge is 2.34. The molecule has 0 amide bonds. The quantitative estimate of drug-likeness (QED) is 0.761. The Morgan fingerprint density at radius 1 is 1.19 bits per heavy atom. The summed E-state index contributed by atoms with van der Waals surface area (Å²) in [6.45, 7) is 7.98. The Balaban J connectivity index is 2.26. The number of ketones is 1. The summed E-state index contributed by atoms with van der Waals surface area (Å²) in [5, 5.41) is 0. The molecule has 3 heteroatoms. The summed E-state index contributed by atoms with van der Waals surface area (Å²) < 4.78 is 15.9. The third-order valence-corrected chi connectivity index (χ3v) is 4.35. The number of halogens is 1. The molecule has 1 aliphatic rings. The van der Waals surface area contributed by atoms with E-state index in [1.165, 1.54) is 6.07 Å². The molecule has 110 valence electrons. The van der Waals surface area contributed by atoms with Crippen LogP contribution in [0.4, 0.5) is 4.39 Å². The van der Waals surface area contributed by atoms with Crippen molar-refractivity contribution in [1.82, 2.24) is 4.57 Å². The van der Waals surface area contributed by atoms with Crippen LogP contribution in [0.1, 0.15) is 47.6 Å². The van der Waals surface area contributed by atoms with E-state index < -0.39 is 0 Å². The fourth-order valence-electron chi connectivity index (χ4n) is 3.33. The van der Waals surface area contributed by atoms with Gasteiger partial charge in [0.25, 0.3) is 0 Å². The van der Waals surface area contributed by atoms with E-state index in [1.807, 2.05) is 23.6 Å². The Morgan fingerprint density at radius 3 is 2.62 bits per heavy atom. The van der Waals surface area contributed by atoms with Gasteiger partial charge in [-0.05, 0) is 43.9 Å². The number of carbonyl (C=O) groups excluding carboxylic acids is 1. The van der Waals surface area contributed by atoms with Crippen molar-refractivity contribution in [3.63, 3.8) is 0 Å². The predicted molar refractivity (Wildman–Crippen MR) is 81.6 cm³/mol. The molecule has 0 N–H and O–H groups in total. The molecular formula is C18H20FNO. The normalized spacial score (nSPS) is 16.9. The van der Waals surface area contributed by atoms with Crippen molar-refractivity contribution in [1.29, 1.82) is 0 Å². The van der Waals surface area contributed by atoms with Crippen molar-refractivity contribution in [2.75, 3.05) is 0 Å². The van der Waals surface area contributed by atoms with Crippen molar-refractivity contribution in [2.45, 2.75) is 40.5 Å². The van der Waals surface area contributed by atoms with Crippen LogP contribution < -0.4 is 0 Å². The fraction of sp³-hybridized carbons (Fsp3) is 0.389. The Hall–Kier alpha value is -1.90. The molecule has 0 bridgehead atoms. The molecule has 0 spiro atoms. The molecule has 3 rings (SSSR count). The molecule has 0 fully saturated rings. The second-order valence-corrected chi connectivity index (χ2v) is 6.81. The smallest absolute Gasteiger partial charge is 0.165 e. The molecule has 1 aromatic carbocycles. The zero-order chi connectivity index (χ0) is 15.4. The van der Waals surface area contributed by atoms with Gasteiger partial charge < -0.3 is 4.57 Å². The third-order valence-electron chi connectivity index (χ3n) is 4.35. The molecule has 1 aliphatic carbocycles. The van der Waals surface area contributed by atoms with Gasteiger partial charge in [-0.3, -0.25) is 4.79 Å². The average molecular weight is 285 g/mol. The van der Waals surface area contributed by atoms with Gasteiger partial charge in [0, 0.05) is 28.9 Å². The lowest BCUT2D eigenvalue weighted by Crippen LogP contribution is -2.28. The van der Waals surface area contributed by atoms with Gasteiger partial charge in [0.15, 0.2) is 5.78 Å². The van der Waals surface area contributed by atoms with Crippen LogP contribution in [-0.4, -0.2) is 10.4 Å². The first kappa shape index (κ1) is 14.1. The highest BCUT2D eigenvalue weighted by Crippen LogP contribution is 2.38. The first-order valence-electron chi connectivity index (χ1n) is 7.30. The lowest BCUT2D eigenvalue weighted by molar-refractivity contribution is 0.0911. The van der Waals surface area contributed by atoms with E-state index in [0.29, 0.717) is 12.0 Å². The number of benzene rings is 1. The molecule has 0 saturated carbocycles. The van der Waals surface area contributed by atoms with Crippen LogP contribution in [0, 0.1) is 25.1 Å². The largest absolute Gasteiger partial charge is 0.317 e. The minimum Gasteiger partial charge on any atom is -0.317 e. The second-order valence-electron chi connectivity index (χ2n) is 6.81. The monoisotopic (exact) mass is 285 g/mol. The topological polar surface area (TPSA) is 22.0 Å². The van der Waals surface area contributed by atoms with E-state index in [4.69, 9.17) is 0 Å². The Morgan fingerprint density at radius 2 is 1.90 bits per heavy atom. The lowest BCUT2D eigenvalue weighted by atomic mass is 9.76. The number of rotatable bonds is 1. The van der Waals surface area contributed by atoms with Gasteiger partial charge in [0.2, 0.25) is 0 Å². The minimum absolute atomic E-state index is 0.0478. The van der Waals surface area contributed by atoms with Crippen molar-refractivity contribution in [3.8, 4) is 5.69 Å². The summed E-state index contributed by atoms with van der Waals surface area (Å²) in [6.07, 6.45) is 1.41. The lowest BCUT2D eigenvalue weighted by Gasteiger charge is -2.30. The SMILES string of the molecule is Cc1c(F)cccc1-n1c(C)cc2c1CC(C)(C)CC2=O. The fourth-order valence-corrected chi connectivity index (χ4v) is 3.33. The molecule has 2 aromatic rings. The molecule has 0 aliphatic heterocycles. The summed E-state index contributed by atoms with van der Waals surface area (Å²) in [6, 6.07) is 7.05. The van der Waals surface area contributed by atoms with Crippen LogP contribution >= 0.6 is 0 Å². The summed E-state index contributed by atoms with van der Waals surface area (Å²) in [7, 11) is 0. The summed E-state index contributed by atoms with van der Waals surface area (Å²) in [5.74, 6) is -0.0205. The summed E-state index contributed by atoms with van der Waals surface area (Å²) in [5.41, 5.74) is 4.21. The standard InChI is InChI=1S/C18H20FNO/c1-11-8-13-16(9-18(3,4)10-17(13)21)20(11)15-7-5-6-14(19)12(15)2/h5-8H,9-10H2,1-4H3. The molecule has 2 nitrogen and oxygen atoms in total. The number of Topliss-reactive ketones (excluding diaryl/α,β-unsaturated/α-hetero) is 1. The van der Waals surface area contributed by atoms with E-state index in [0.717, 1.165) is 29.1 Å². The minimum atomic E-state index is -0.212. The van der Waals surface area contributed by atoms with Crippen molar-refractivity contribution < 1.29 is 9.18 Å². The van der Waals surface area contributed by atoms with Crippen LogP contribution in [0.25, 0.3) is 5.69 Å². The van der Waals surface area contributed by atoms with Gasteiger partial charge >= 0.3 is 0 Å². The first-order valence-corrected chi connectivity index (χ1v) is 7.30. The molecule has 1 aromatic heterocycles. The molecule has 0 atom stereocenters. The number of fused-ring (bicyclic) bond motifs is 1.